The number of ether oxygens (including phenoxy) is 2. The molecule has 1 aliphatic rings. The summed E-state index contributed by atoms with van der Waals surface area (Å²) in [5.74, 6) is -0.226. The van der Waals surface area contributed by atoms with Crippen molar-refractivity contribution in [3.63, 3.8) is 0 Å². The van der Waals surface area contributed by atoms with Gasteiger partial charge in [0.15, 0.2) is 0 Å². The fourth-order valence-corrected chi connectivity index (χ4v) is 3.50. The maximum atomic E-state index is 13.2. The Bertz CT molecular complexity index is 1230. The predicted molar refractivity (Wildman–Crippen MR) is 122 cm³/mol. The van der Waals surface area contributed by atoms with Gasteiger partial charge in [-0.25, -0.2) is 19.2 Å². The lowest BCUT2D eigenvalue weighted by Crippen LogP contribution is -2.27. The van der Waals surface area contributed by atoms with Crippen molar-refractivity contribution in [1.82, 2.24) is 14.5 Å². The number of aromatic nitrogens is 3. The van der Waals surface area contributed by atoms with Crippen molar-refractivity contribution in [1.29, 1.82) is 0 Å². The standard InChI is InChI=1S/C23H26FN5O4/c1-23(2,3)33-22(31)27-13-8-15(21(32-5)26-10-13)17-6-12-7-19(25-11-18(12)29(17)4)28-20(30)14-9-16(14)24/h6-8,10-11,14,16H,9H2,1-5H3,(H,27,31)(H,25,28,30)/t14-,16+/m1/s1. The highest BCUT2D eigenvalue weighted by Crippen LogP contribution is 2.36. The molecular formula is C23H26FN5O4. The molecule has 3 aromatic heterocycles. The number of carbonyl (C=O) groups excluding carboxylic acids is 2. The summed E-state index contributed by atoms with van der Waals surface area (Å²) in [7, 11) is 3.38. The highest BCUT2D eigenvalue weighted by atomic mass is 19.1. The van der Waals surface area contributed by atoms with Gasteiger partial charge in [-0.15, -0.1) is 0 Å². The molecule has 0 aliphatic heterocycles. The Morgan fingerprint density at radius 3 is 2.52 bits per heavy atom. The van der Waals surface area contributed by atoms with E-state index in [2.05, 4.69) is 20.6 Å². The predicted octanol–water partition coefficient (Wildman–Crippen LogP) is 4.29. The largest absolute Gasteiger partial charge is 0.481 e. The van der Waals surface area contributed by atoms with Crippen LogP contribution in [0, 0.1) is 5.92 Å². The van der Waals surface area contributed by atoms with Gasteiger partial charge >= 0.3 is 6.09 Å². The first-order chi connectivity index (χ1) is 15.6. The number of methoxy groups -OCH3 is 1. The lowest BCUT2D eigenvalue weighted by atomic mass is 10.1. The molecule has 3 aromatic rings. The molecule has 174 valence electrons. The first-order valence-corrected chi connectivity index (χ1v) is 10.5. The van der Waals surface area contributed by atoms with Gasteiger partial charge in [-0.3, -0.25) is 10.1 Å². The average molecular weight is 455 g/mol. The van der Waals surface area contributed by atoms with Crippen molar-refractivity contribution in [3.05, 3.63) is 30.6 Å². The van der Waals surface area contributed by atoms with E-state index in [4.69, 9.17) is 9.47 Å². The number of anilines is 2. The molecule has 0 unspecified atom stereocenters. The van der Waals surface area contributed by atoms with E-state index in [1.807, 2.05) is 17.7 Å². The molecule has 33 heavy (non-hydrogen) atoms. The Balaban J connectivity index is 1.64. The number of pyridine rings is 2. The molecule has 0 radical (unpaired) electrons. The molecule has 2 atom stereocenters. The van der Waals surface area contributed by atoms with Crippen molar-refractivity contribution in [2.24, 2.45) is 13.0 Å². The molecule has 3 heterocycles. The second kappa shape index (κ2) is 8.34. The van der Waals surface area contributed by atoms with Gasteiger partial charge in [-0.1, -0.05) is 0 Å². The van der Waals surface area contributed by atoms with Crippen LogP contribution in [0.1, 0.15) is 27.2 Å². The number of fused-ring (bicyclic) bond motifs is 1. The quantitative estimate of drug-likeness (QED) is 0.594. The topological polar surface area (TPSA) is 107 Å². The van der Waals surface area contributed by atoms with Gasteiger partial charge in [-0.05, 0) is 45.4 Å². The Kier molecular flexibility index (Phi) is 5.69. The van der Waals surface area contributed by atoms with Gasteiger partial charge < -0.3 is 19.4 Å². The smallest absolute Gasteiger partial charge is 0.412 e. The van der Waals surface area contributed by atoms with Gasteiger partial charge in [0.05, 0.1) is 47.9 Å². The molecule has 0 saturated heterocycles. The molecule has 4 rings (SSSR count). The molecule has 10 heteroatoms. The molecule has 9 nitrogen and oxygen atoms in total. The number of nitrogens with zero attached hydrogens (tertiary/aromatic N) is 3. The van der Waals surface area contributed by atoms with Crippen molar-refractivity contribution in [2.45, 2.75) is 39.0 Å². The van der Waals surface area contributed by atoms with E-state index in [1.54, 1.807) is 39.1 Å². The van der Waals surface area contributed by atoms with Crippen LogP contribution < -0.4 is 15.4 Å². The molecule has 1 saturated carbocycles. The van der Waals surface area contributed by atoms with Gasteiger partial charge in [0, 0.05) is 12.4 Å². The maximum absolute atomic E-state index is 13.2. The van der Waals surface area contributed by atoms with Crippen LogP contribution in [0.15, 0.2) is 30.6 Å². The van der Waals surface area contributed by atoms with Crippen LogP contribution in [0.25, 0.3) is 22.2 Å². The first-order valence-electron chi connectivity index (χ1n) is 10.5. The van der Waals surface area contributed by atoms with E-state index in [9.17, 15) is 14.0 Å². The number of halogens is 1. The number of carbonyl (C=O) groups is 2. The Hall–Kier alpha value is -3.69. The number of hydrogen-bond donors (Lipinski definition) is 2. The minimum atomic E-state index is -1.07. The van der Waals surface area contributed by atoms with Crippen molar-refractivity contribution < 1.29 is 23.5 Å². The molecule has 0 bridgehead atoms. The summed E-state index contributed by atoms with van der Waals surface area (Å²) in [4.78, 5) is 32.8. The second-order valence-electron chi connectivity index (χ2n) is 8.97. The fraction of sp³-hybridized carbons (Fsp3) is 0.391. The third-order valence-electron chi connectivity index (χ3n) is 5.20. The molecule has 1 aliphatic carbocycles. The van der Waals surface area contributed by atoms with Crippen LogP contribution in [-0.2, 0) is 16.6 Å². The number of amides is 2. The molecule has 1 fully saturated rings. The van der Waals surface area contributed by atoms with Gasteiger partial charge in [0.1, 0.15) is 17.6 Å². The zero-order chi connectivity index (χ0) is 23.9. The highest BCUT2D eigenvalue weighted by molar-refractivity contribution is 5.96. The molecule has 2 amide bonds. The van der Waals surface area contributed by atoms with Crippen LogP contribution in [0.2, 0.25) is 0 Å². The van der Waals surface area contributed by atoms with E-state index in [1.165, 1.54) is 13.3 Å². The van der Waals surface area contributed by atoms with Crippen LogP contribution in [0.4, 0.5) is 20.7 Å². The summed E-state index contributed by atoms with van der Waals surface area (Å²) in [5, 5.41) is 6.17. The van der Waals surface area contributed by atoms with Crippen LogP contribution in [0.3, 0.4) is 0 Å². The van der Waals surface area contributed by atoms with Gasteiger partial charge in [0.2, 0.25) is 11.8 Å². The van der Waals surface area contributed by atoms with E-state index < -0.39 is 23.8 Å². The lowest BCUT2D eigenvalue weighted by Gasteiger charge is -2.20. The van der Waals surface area contributed by atoms with Crippen molar-refractivity contribution in [2.75, 3.05) is 17.7 Å². The fourth-order valence-electron chi connectivity index (χ4n) is 3.50. The Labute approximate surface area is 190 Å². The average Bonchev–Trinajstić information content (AvgIpc) is 3.38. The monoisotopic (exact) mass is 455 g/mol. The lowest BCUT2D eigenvalue weighted by molar-refractivity contribution is -0.117. The van der Waals surface area contributed by atoms with Crippen molar-refractivity contribution >= 4 is 34.4 Å². The summed E-state index contributed by atoms with van der Waals surface area (Å²) in [6, 6.07) is 5.38. The van der Waals surface area contributed by atoms with Gasteiger partial charge in [0.25, 0.3) is 0 Å². The number of nitrogens with one attached hydrogen (secondary N) is 2. The van der Waals surface area contributed by atoms with Crippen molar-refractivity contribution in [3.8, 4) is 17.1 Å². The minimum Gasteiger partial charge on any atom is -0.481 e. The summed E-state index contributed by atoms with van der Waals surface area (Å²) >= 11 is 0. The molecule has 2 N–H and O–H groups in total. The SMILES string of the molecule is COc1ncc(NC(=O)OC(C)(C)C)cc1-c1cc2cc(NC(=O)[C@@H]3C[C@@H]3F)ncc2n1C. The number of alkyl halides is 1. The molecule has 0 spiro atoms. The summed E-state index contributed by atoms with van der Waals surface area (Å²) in [6.07, 6.45) is 1.72. The van der Waals surface area contributed by atoms with E-state index in [-0.39, 0.29) is 12.3 Å². The summed E-state index contributed by atoms with van der Waals surface area (Å²) in [5.41, 5.74) is 2.03. The molecular weight excluding hydrogens is 429 g/mol. The zero-order valence-corrected chi connectivity index (χ0v) is 19.1. The normalized spacial score (nSPS) is 17.5. The van der Waals surface area contributed by atoms with Crippen LogP contribution in [-0.4, -0.2) is 45.4 Å². The van der Waals surface area contributed by atoms with E-state index in [0.717, 1.165) is 16.6 Å². The molecule has 0 aromatic carbocycles. The third kappa shape index (κ3) is 4.89. The van der Waals surface area contributed by atoms with E-state index in [0.29, 0.717) is 22.9 Å². The number of rotatable bonds is 5. The number of hydrogen-bond acceptors (Lipinski definition) is 6. The van der Waals surface area contributed by atoms with E-state index >= 15 is 0 Å². The van der Waals surface area contributed by atoms with Gasteiger partial charge in [-0.2, -0.15) is 0 Å². The summed E-state index contributed by atoms with van der Waals surface area (Å²) < 4.78 is 25.8. The zero-order valence-electron chi connectivity index (χ0n) is 19.1. The Morgan fingerprint density at radius 2 is 1.88 bits per heavy atom. The second-order valence-corrected chi connectivity index (χ2v) is 8.97. The van der Waals surface area contributed by atoms with Crippen LogP contribution >= 0.6 is 0 Å². The van der Waals surface area contributed by atoms with Crippen LogP contribution in [0.5, 0.6) is 5.88 Å². The minimum absolute atomic E-state index is 0.254. The maximum Gasteiger partial charge on any atom is 0.412 e. The number of aryl methyl sites for hydroxylation is 1. The Morgan fingerprint density at radius 1 is 1.15 bits per heavy atom. The first kappa shape index (κ1) is 22.5. The third-order valence-corrected chi connectivity index (χ3v) is 5.20. The highest BCUT2D eigenvalue weighted by Gasteiger charge is 2.43. The summed E-state index contributed by atoms with van der Waals surface area (Å²) in [6.45, 7) is 5.35.